The highest BCUT2D eigenvalue weighted by atomic mass is 16.2. The predicted octanol–water partition coefficient (Wildman–Crippen LogP) is 2.75. The van der Waals surface area contributed by atoms with E-state index in [-0.39, 0.29) is 17.2 Å². The van der Waals surface area contributed by atoms with Crippen LogP contribution in [-0.2, 0) is 0 Å². The summed E-state index contributed by atoms with van der Waals surface area (Å²) in [5, 5.41) is 2.74. The van der Waals surface area contributed by atoms with Crippen LogP contribution in [0.1, 0.15) is 35.8 Å². The maximum atomic E-state index is 11.9. The normalized spacial score (nSPS) is 10.5. The fraction of sp³-hybridized carbons (Fsp3) is 0.200. The number of hydrogen-bond acceptors (Lipinski definition) is 2. The number of nitrogens with one attached hydrogen (secondary N) is 2. The molecule has 0 saturated carbocycles. The van der Waals surface area contributed by atoms with Crippen molar-refractivity contribution < 1.29 is 4.79 Å². The number of rotatable bonds is 3. The molecule has 0 aliphatic rings. The smallest absolute Gasteiger partial charge is 0.272 e. The van der Waals surface area contributed by atoms with Crippen molar-refractivity contribution in [2.75, 3.05) is 5.32 Å². The second-order valence-corrected chi connectivity index (χ2v) is 4.66. The van der Waals surface area contributed by atoms with Gasteiger partial charge in [-0.05, 0) is 29.7 Å². The summed E-state index contributed by atoms with van der Waals surface area (Å²) < 4.78 is 0. The van der Waals surface area contributed by atoms with Gasteiger partial charge in [0, 0.05) is 11.8 Å². The molecule has 0 aliphatic carbocycles. The number of hydrogen-bond donors (Lipinski definition) is 2. The van der Waals surface area contributed by atoms with Crippen LogP contribution in [0.2, 0.25) is 0 Å². The van der Waals surface area contributed by atoms with E-state index in [1.165, 1.54) is 11.6 Å². The van der Waals surface area contributed by atoms with Gasteiger partial charge in [-0.15, -0.1) is 0 Å². The molecule has 2 rings (SSSR count). The second kappa shape index (κ2) is 5.52. The molecule has 4 heteroatoms. The van der Waals surface area contributed by atoms with Crippen molar-refractivity contribution in [2.24, 2.45) is 0 Å². The number of carbonyl (C=O) groups is 1. The maximum Gasteiger partial charge on any atom is 0.272 e. The Balaban J connectivity index is 2.13. The lowest BCUT2D eigenvalue weighted by atomic mass is 10.0. The zero-order valence-electron chi connectivity index (χ0n) is 10.9. The molecule has 0 unspecified atom stereocenters. The summed E-state index contributed by atoms with van der Waals surface area (Å²) in [6.45, 7) is 4.23. The van der Waals surface area contributed by atoms with Crippen LogP contribution in [0.5, 0.6) is 0 Å². The van der Waals surface area contributed by atoms with Crippen molar-refractivity contribution in [3.8, 4) is 0 Å². The van der Waals surface area contributed by atoms with Gasteiger partial charge in [-0.25, -0.2) is 0 Å². The molecule has 0 fully saturated rings. The van der Waals surface area contributed by atoms with Gasteiger partial charge in [0.05, 0.1) is 0 Å². The van der Waals surface area contributed by atoms with Crippen LogP contribution >= 0.6 is 0 Å². The minimum Gasteiger partial charge on any atom is -0.321 e. The molecule has 2 N–H and O–H groups in total. The monoisotopic (exact) mass is 256 g/mol. The summed E-state index contributed by atoms with van der Waals surface area (Å²) in [7, 11) is 0. The van der Waals surface area contributed by atoms with Gasteiger partial charge in [0.25, 0.3) is 5.91 Å². The summed E-state index contributed by atoms with van der Waals surface area (Å²) in [4.78, 5) is 25.5. The maximum absolute atomic E-state index is 11.9. The molecule has 0 spiro atoms. The van der Waals surface area contributed by atoms with E-state index in [0.717, 1.165) is 0 Å². The zero-order valence-corrected chi connectivity index (χ0v) is 10.9. The average Bonchev–Trinajstić information content (AvgIpc) is 2.39. The highest BCUT2D eigenvalue weighted by Gasteiger charge is 2.06. The van der Waals surface area contributed by atoms with E-state index in [1.54, 1.807) is 12.1 Å². The number of amides is 1. The molecule has 1 aromatic carbocycles. The highest BCUT2D eigenvalue weighted by Crippen LogP contribution is 2.17. The zero-order chi connectivity index (χ0) is 13.8. The number of pyridine rings is 1. The van der Waals surface area contributed by atoms with Crippen molar-refractivity contribution in [1.29, 1.82) is 0 Å². The molecular formula is C15H16N2O2. The van der Waals surface area contributed by atoms with E-state index in [1.807, 2.05) is 24.3 Å². The van der Waals surface area contributed by atoms with Gasteiger partial charge in [-0.1, -0.05) is 32.0 Å². The van der Waals surface area contributed by atoms with E-state index in [0.29, 0.717) is 11.6 Å². The van der Waals surface area contributed by atoms with Crippen LogP contribution in [0.4, 0.5) is 5.69 Å². The van der Waals surface area contributed by atoms with Gasteiger partial charge in [-0.2, -0.15) is 0 Å². The first-order valence-corrected chi connectivity index (χ1v) is 6.17. The molecule has 0 atom stereocenters. The van der Waals surface area contributed by atoms with Gasteiger partial charge in [0.2, 0.25) is 5.56 Å². The van der Waals surface area contributed by atoms with Gasteiger partial charge in [0.1, 0.15) is 5.69 Å². The van der Waals surface area contributed by atoms with Gasteiger partial charge >= 0.3 is 0 Å². The van der Waals surface area contributed by atoms with Crippen LogP contribution in [0, 0.1) is 0 Å². The number of H-pyrrole nitrogens is 1. The van der Waals surface area contributed by atoms with Crippen LogP contribution < -0.4 is 10.9 Å². The van der Waals surface area contributed by atoms with Gasteiger partial charge < -0.3 is 10.3 Å². The molecule has 0 aliphatic heterocycles. The minimum absolute atomic E-state index is 0.250. The van der Waals surface area contributed by atoms with Crippen molar-refractivity contribution in [3.05, 3.63) is 64.1 Å². The fourth-order valence-electron chi connectivity index (χ4n) is 1.73. The molecule has 98 valence electrons. The Morgan fingerprint density at radius 2 is 1.79 bits per heavy atom. The number of benzene rings is 1. The molecule has 1 aromatic heterocycles. The highest BCUT2D eigenvalue weighted by molar-refractivity contribution is 6.02. The molecule has 4 nitrogen and oxygen atoms in total. The molecule has 1 heterocycles. The third-order valence-electron chi connectivity index (χ3n) is 2.85. The van der Waals surface area contributed by atoms with Crippen LogP contribution in [0.15, 0.2) is 47.3 Å². The third kappa shape index (κ3) is 3.31. The van der Waals surface area contributed by atoms with E-state index in [2.05, 4.69) is 24.1 Å². The summed E-state index contributed by atoms with van der Waals surface area (Å²) in [6, 6.07) is 12.2. The average molecular weight is 256 g/mol. The van der Waals surface area contributed by atoms with Crippen molar-refractivity contribution >= 4 is 11.6 Å². The molecule has 0 radical (unpaired) electrons. The van der Waals surface area contributed by atoms with Crippen LogP contribution in [0.3, 0.4) is 0 Å². The lowest BCUT2D eigenvalue weighted by molar-refractivity contribution is 0.102. The Morgan fingerprint density at radius 1 is 1.11 bits per heavy atom. The van der Waals surface area contributed by atoms with Gasteiger partial charge in [-0.3, -0.25) is 9.59 Å². The van der Waals surface area contributed by atoms with Gasteiger partial charge in [0.15, 0.2) is 0 Å². The predicted molar refractivity (Wildman–Crippen MR) is 75.5 cm³/mol. The SMILES string of the molecule is CC(C)c1ccc(NC(=O)c2cccc(=O)[nH]2)cc1. The first kappa shape index (κ1) is 13.1. The first-order chi connectivity index (χ1) is 9.06. The number of aromatic amines is 1. The summed E-state index contributed by atoms with van der Waals surface area (Å²) in [6.07, 6.45) is 0. The molecule has 0 bridgehead atoms. The lowest BCUT2D eigenvalue weighted by Crippen LogP contribution is -2.17. The number of aromatic nitrogens is 1. The summed E-state index contributed by atoms with van der Waals surface area (Å²) in [5.74, 6) is 0.130. The molecule has 2 aromatic rings. The third-order valence-corrected chi connectivity index (χ3v) is 2.85. The Morgan fingerprint density at radius 3 is 2.37 bits per heavy atom. The Hall–Kier alpha value is -2.36. The van der Waals surface area contributed by atoms with Crippen molar-refractivity contribution in [3.63, 3.8) is 0 Å². The van der Waals surface area contributed by atoms with E-state index in [4.69, 9.17) is 0 Å². The van der Waals surface area contributed by atoms with Crippen LogP contribution in [0.25, 0.3) is 0 Å². The molecule has 19 heavy (non-hydrogen) atoms. The quantitative estimate of drug-likeness (QED) is 0.887. The summed E-state index contributed by atoms with van der Waals surface area (Å²) in [5.41, 5.74) is 1.88. The first-order valence-electron chi connectivity index (χ1n) is 6.17. The second-order valence-electron chi connectivity index (χ2n) is 4.66. The lowest BCUT2D eigenvalue weighted by Gasteiger charge is -2.08. The Bertz CT molecular complexity index is 627. The Labute approximate surface area is 111 Å². The molecule has 1 amide bonds. The van der Waals surface area contributed by atoms with E-state index >= 15 is 0 Å². The fourth-order valence-corrected chi connectivity index (χ4v) is 1.73. The standard InChI is InChI=1S/C15H16N2O2/c1-10(2)11-6-8-12(9-7-11)16-15(19)13-4-3-5-14(18)17-13/h3-10H,1-2H3,(H,16,19)(H,17,18). The molecule has 0 saturated heterocycles. The van der Waals surface area contributed by atoms with E-state index in [9.17, 15) is 9.59 Å². The number of anilines is 1. The molecular weight excluding hydrogens is 240 g/mol. The van der Waals surface area contributed by atoms with E-state index < -0.39 is 0 Å². The minimum atomic E-state index is -0.324. The Kier molecular flexibility index (Phi) is 3.80. The topological polar surface area (TPSA) is 62.0 Å². The number of carbonyl (C=O) groups excluding carboxylic acids is 1. The largest absolute Gasteiger partial charge is 0.321 e. The van der Waals surface area contributed by atoms with Crippen LogP contribution in [-0.4, -0.2) is 10.9 Å². The van der Waals surface area contributed by atoms with Crippen molar-refractivity contribution in [1.82, 2.24) is 4.98 Å². The van der Waals surface area contributed by atoms with Crippen molar-refractivity contribution in [2.45, 2.75) is 19.8 Å². The summed E-state index contributed by atoms with van der Waals surface area (Å²) >= 11 is 0.